The summed E-state index contributed by atoms with van der Waals surface area (Å²) in [4.78, 5) is 0. The highest BCUT2D eigenvalue weighted by atomic mass is 35.5. The number of hydrogen-bond donors (Lipinski definition) is 1. The fourth-order valence-corrected chi connectivity index (χ4v) is 1.02. The first-order valence-electron chi connectivity index (χ1n) is 4.16. The van der Waals surface area contributed by atoms with Gasteiger partial charge in [-0.05, 0) is 19.2 Å². The highest BCUT2D eigenvalue weighted by Crippen LogP contribution is 2.35. The van der Waals surface area contributed by atoms with Crippen LogP contribution in [0, 0.1) is 0 Å². The van der Waals surface area contributed by atoms with Crippen LogP contribution in [0.2, 0.25) is 0 Å². The van der Waals surface area contributed by atoms with Gasteiger partial charge in [-0.25, -0.2) is 0 Å². The predicted molar refractivity (Wildman–Crippen MR) is 63.5 cm³/mol. The van der Waals surface area contributed by atoms with Crippen molar-refractivity contribution in [3.63, 3.8) is 0 Å². The molecule has 0 heterocycles. The van der Waals surface area contributed by atoms with Crippen molar-refractivity contribution in [1.29, 1.82) is 0 Å². The van der Waals surface area contributed by atoms with Gasteiger partial charge in [0.05, 0.1) is 21.3 Å². The summed E-state index contributed by atoms with van der Waals surface area (Å²) >= 11 is 0. The lowest BCUT2D eigenvalue weighted by Gasteiger charge is -2.10. The average molecular weight is 236 g/mol. The van der Waals surface area contributed by atoms with Crippen LogP contribution in [0.4, 0.5) is 0 Å². The molecular weight excluding hydrogens is 218 g/mol. The molecule has 1 aromatic carbocycles. The number of ether oxygens (including phenoxy) is 3. The van der Waals surface area contributed by atoms with Crippen molar-refractivity contribution in [3.8, 4) is 17.2 Å². The summed E-state index contributed by atoms with van der Waals surface area (Å²) in [5, 5.41) is 0. The van der Waals surface area contributed by atoms with Crippen LogP contribution in [0.15, 0.2) is 18.2 Å². The van der Waals surface area contributed by atoms with Crippen LogP contribution in [-0.4, -0.2) is 28.4 Å². The van der Waals surface area contributed by atoms with Gasteiger partial charge < -0.3 is 19.9 Å². The Balaban J connectivity index is 0. The normalized spacial score (nSPS) is 7.80. The van der Waals surface area contributed by atoms with Gasteiger partial charge in [-0.1, -0.05) is 6.07 Å². The van der Waals surface area contributed by atoms with E-state index in [1.165, 1.54) is 7.05 Å². The Morgan fingerprint density at radius 2 is 1.27 bits per heavy atom. The van der Waals surface area contributed by atoms with Crippen molar-refractivity contribution in [3.05, 3.63) is 18.2 Å². The summed E-state index contributed by atoms with van der Waals surface area (Å²) in [6.07, 6.45) is 0. The molecule has 5 heteroatoms. The van der Waals surface area contributed by atoms with Crippen LogP contribution < -0.4 is 19.9 Å². The zero-order valence-corrected chi connectivity index (χ0v) is 10.3. The van der Waals surface area contributed by atoms with Crippen molar-refractivity contribution in [2.75, 3.05) is 28.4 Å². The Labute approximate surface area is 96.7 Å². The van der Waals surface area contributed by atoms with Crippen LogP contribution in [0.3, 0.4) is 0 Å². The van der Waals surface area contributed by atoms with E-state index in [0.29, 0.717) is 17.2 Å². The molecule has 0 fully saturated rings. The van der Waals surface area contributed by atoms with E-state index in [1.807, 2.05) is 18.2 Å². The van der Waals surface area contributed by atoms with Gasteiger partial charge in [0.25, 0.3) is 0 Å². The molecule has 1 rings (SSSR count). The van der Waals surface area contributed by atoms with E-state index in [1.54, 1.807) is 21.3 Å². The third-order valence-corrected chi connectivity index (χ3v) is 1.59. The topological polar surface area (TPSA) is 53.7 Å². The van der Waals surface area contributed by atoms with Crippen molar-refractivity contribution in [2.24, 2.45) is 5.73 Å². The van der Waals surface area contributed by atoms with Gasteiger partial charge >= 0.3 is 0 Å². The van der Waals surface area contributed by atoms with Gasteiger partial charge in [-0.3, -0.25) is 0 Å². The fraction of sp³-hybridized carbons (Fsp3) is 0.400. The zero-order chi connectivity index (χ0) is 11.0. The van der Waals surface area contributed by atoms with Gasteiger partial charge in [-0.2, -0.15) is 0 Å². The monoisotopic (exact) mass is 235 g/mol. The van der Waals surface area contributed by atoms with Crippen molar-refractivity contribution in [2.45, 2.75) is 0 Å². The molecule has 15 heavy (non-hydrogen) atoms. The molecule has 0 unspecified atom stereocenters. The maximum absolute atomic E-state index is 5.11. The fourth-order valence-electron chi connectivity index (χ4n) is 1.02. The molecule has 2 N–H and O–H groups in total. The SMILES string of the molecule is CN.COc1cccc(OC)c1OC.Cl. The van der Waals surface area contributed by atoms with Gasteiger partial charge in [0.2, 0.25) is 5.75 Å². The molecule has 0 spiro atoms. The number of halogens is 1. The van der Waals surface area contributed by atoms with E-state index < -0.39 is 0 Å². The lowest BCUT2D eigenvalue weighted by atomic mass is 10.3. The summed E-state index contributed by atoms with van der Waals surface area (Å²) in [5.41, 5.74) is 4.50. The largest absolute Gasteiger partial charge is 0.493 e. The van der Waals surface area contributed by atoms with Crippen molar-refractivity contribution >= 4 is 12.4 Å². The molecule has 0 aliphatic rings. The summed E-state index contributed by atoms with van der Waals surface area (Å²) in [5.74, 6) is 1.98. The highest BCUT2D eigenvalue weighted by Gasteiger charge is 2.08. The lowest BCUT2D eigenvalue weighted by molar-refractivity contribution is 0.324. The first kappa shape index (κ1) is 16.3. The molecule has 0 saturated heterocycles. The van der Waals surface area contributed by atoms with Gasteiger partial charge in [-0.15, -0.1) is 12.4 Å². The number of para-hydroxylation sites is 1. The summed E-state index contributed by atoms with van der Waals surface area (Å²) in [6.45, 7) is 0. The van der Waals surface area contributed by atoms with Gasteiger partial charge in [0.15, 0.2) is 11.5 Å². The smallest absolute Gasteiger partial charge is 0.203 e. The minimum absolute atomic E-state index is 0. The first-order chi connectivity index (χ1) is 6.83. The third kappa shape index (κ3) is 4.27. The van der Waals surface area contributed by atoms with E-state index >= 15 is 0 Å². The Bertz CT molecular complexity index is 247. The van der Waals surface area contributed by atoms with Crippen molar-refractivity contribution < 1.29 is 14.2 Å². The maximum atomic E-state index is 5.11. The molecule has 1 aromatic rings. The highest BCUT2D eigenvalue weighted by molar-refractivity contribution is 5.85. The molecule has 0 aliphatic heterocycles. The summed E-state index contributed by atoms with van der Waals surface area (Å²) < 4.78 is 15.3. The second kappa shape index (κ2) is 9.43. The first-order valence-corrected chi connectivity index (χ1v) is 4.16. The van der Waals surface area contributed by atoms with Gasteiger partial charge in [0.1, 0.15) is 0 Å². The van der Waals surface area contributed by atoms with Crippen LogP contribution in [0.5, 0.6) is 17.2 Å². The van der Waals surface area contributed by atoms with Gasteiger partial charge in [0, 0.05) is 0 Å². The molecule has 0 amide bonds. The Morgan fingerprint density at radius 3 is 1.53 bits per heavy atom. The summed E-state index contributed by atoms with van der Waals surface area (Å²) in [7, 11) is 6.27. The number of nitrogens with two attached hydrogens (primary N) is 1. The standard InChI is InChI=1S/C9H12O3.CH5N.ClH/c1-10-7-5-4-6-8(11-2)9(7)12-3;1-2;/h4-6H,1-3H3;2H2,1H3;1H. The Hall–Kier alpha value is -1.13. The molecule has 0 atom stereocenters. The number of hydrogen-bond acceptors (Lipinski definition) is 4. The zero-order valence-electron chi connectivity index (χ0n) is 9.44. The second-order valence-electron chi connectivity index (χ2n) is 2.20. The molecule has 4 nitrogen and oxygen atoms in total. The van der Waals surface area contributed by atoms with Crippen LogP contribution in [-0.2, 0) is 0 Å². The molecule has 0 bridgehead atoms. The quantitative estimate of drug-likeness (QED) is 0.867. The van der Waals surface area contributed by atoms with E-state index in [0.717, 1.165) is 0 Å². The number of rotatable bonds is 3. The third-order valence-electron chi connectivity index (χ3n) is 1.59. The second-order valence-corrected chi connectivity index (χ2v) is 2.20. The molecule has 0 saturated carbocycles. The Kier molecular flexibility index (Phi) is 10.2. The van der Waals surface area contributed by atoms with E-state index in [4.69, 9.17) is 14.2 Å². The van der Waals surface area contributed by atoms with Crippen LogP contribution >= 0.6 is 12.4 Å². The van der Waals surface area contributed by atoms with Crippen LogP contribution in [0.1, 0.15) is 0 Å². The molecule has 0 aromatic heterocycles. The number of methoxy groups -OCH3 is 3. The molecule has 0 radical (unpaired) electrons. The number of benzene rings is 1. The predicted octanol–water partition coefficient (Wildman–Crippen LogP) is 1.71. The average Bonchev–Trinajstić information content (AvgIpc) is 2.30. The minimum Gasteiger partial charge on any atom is -0.493 e. The lowest BCUT2D eigenvalue weighted by Crippen LogP contribution is -1.93. The van der Waals surface area contributed by atoms with E-state index in [-0.39, 0.29) is 12.4 Å². The maximum Gasteiger partial charge on any atom is 0.203 e. The Morgan fingerprint density at radius 1 is 0.867 bits per heavy atom. The van der Waals surface area contributed by atoms with E-state index in [9.17, 15) is 0 Å². The summed E-state index contributed by atoms with van der Waals surface area (Å²) in [6, 6.07) is 5.49. The molecule has 88 valence electrons. The van der Waals surface area contributed by atoms with E-state index in [2.05, 4.69) is 5.73 Å². The molecular formula is C10H18ClNO3. The van der Waals surface area contributed by atoms with Crippen molar-refractivity contribution in [1.82, 2.24) is 0 Å². The van der Waals surface area contributed by atoms with Crippen LogP contribution in [0.25, 0.3) is 0 Å². The minimum atomic E-state index is 0. The molecule has 0 aliphatic carbocycles.